The molecule has 3 aromatic rings. The Morgan fingerprint density at radius 2 is 1.94 bits per heavy atom. The molecule has 0 saturated heterocycles. The summed E-state index contributed by atoms with van der Waals surface area (Å²) in [6.45, 7) is 0. The number of halogens is 1. The summed E-state index contributed by atoms with van der Waals surface area (Å²) < 4.78 is 2.10. The van der Waals surface area contributed by atoms with Gasteiger partial charge in [-0.15, -0.1) is 0 Å². The van der Waals surface area contributed by atoms with Crippen molar-refractivity contribution < 1.29 is 4.40 Å². The maximum absolute atomic E-state index is 6.02. The second-order valence-electron chi connectivity index (χ2n) is 3.76. The molecule has 2 nitrogen and oxygen atoms in total. The van der Waals surface area contributed by atoms with Crippen molar-refractivity contribution in [2.45, 2.75) is 0 Å². The summed E-state index contributed by atoms with van der Waals surface area (Å²) in [5.41, 5.74) is 8.92. The average Bonchev–Trinajstić information content (AvgIpc) is 2.29. The highest BCUT2D eigenvalue weighted by Crippen LogP contribution is 2.23. The third kappa shape index (κ3) is 1.31. The first-order valence-corrected chi connectivity index (χ1v) is 5.42. The third-order valence-electron chi connectivity index (χ3n) is 2.72. The van der Waals surface area contributed by atoms with E-state index < -0.39 is 0 Å². The number of anilines is 1. The number of nitrogens with zero attached hydrogens (tertiary/aromatic N) is 1. The van der Waals surface area contributed by atoms with E-state index in [2.05, 4.69) is 4.40 Å². The van der Waals surface area contributed by atoms with E-state index in [0.29, 0.717) is 5.02 Å². The molecule has 16 heavy (non-hydrogen) atoms. The van der Waals surface area contributed by atoms with Gasteiger partial charge in [0.25, 0.3) is 0 Å². The average molecular weight is 230 g/mol. The van der Waals surface area contributed by atoms with Crippen LogP contribution in [0.4, 0.5) is 5.69 Å². The molecule has 0 fully saturated rings. The number of benzene rings is 1. The Hall–Kier alpha value is -1.80. The molecule has 0 amide bonds. The summed E-state index contributed by atoms with van der Waals surface area (Å²) in [5.74, 6) is 0. The summed E-state index contributed by atoms with van der Waals surface area (Å²) >= 11 is 5.98. The Balaban J connectivity index is 2.59. The van der Waals surface area contributed by atoms with Gasteiger partial charge >= 0.3 is 0 Å². The van der Waals surface area contributed by atoms with Gasteiger partial charge in [-0.25, -0.2) is 0 Å². The fraction of sp³-hybridized carbons (Fsp3) is 0. The molecule has 0 spiro atoms. The lowest BCUT2D eigenvalue weighted by Gasteiger charge is -2.01. The first-order valence-electron chi connectivity index (χ1n) is 5.04. The predicted octanol–water partition coefficient (Wildman–Crippen LogP) is 2.81. The summed E-state index contributed by atoms with van der Waals surface area (Å²) in [4.78, 5) is 0. The Kier molecular flexibility index (Phi) is 1.98. The molecule has 3 rings (SSSR count). The normalized spacial score (nSPS) is 11.1. The van der Waals surface area contributed by atoms with E-state index >= 15 is 0 Å². The zero-order valence-corrected chi connectivity index (χ0v) is 9.28. The fourth-order valence-corrected chi connectivity index (χ4v) is 2.15. The first-order chi connectivity index (χ1) is 7.75. The van der Waals surface area contributed by atoms with Gasteiger partial charge in [0.1, 0.15) is 0 Å². The molecule has 0 aliphatic rings. The monoisotopic (exact) mass is 229 g/mol. The lowest BCUT2D eigenvalue weighted by molar-refractivity contribution is -0.481. The Labute approximate surface area is 97.9 Å². The maximum atomic E-state index is 6.02. The van der Waals surface area contributed by atoms with Crippen molar-refractivity contribution in [3.05, 3.63) is 53.7 Å². The van der Waals surface area contributed by atoms with Crippen LogP contribution in [0, 0.1) is 0 Å². The smallest absolute Gasteiger partial charge is 0.220 e. The molecule has 0 radical (unpaired) electrons. The highest BCUT2D eigenvalue weighted by atomic mass is 35.5. The number of hydrogen-bond acceptors (Lipinski definition) is 1. The number of rotatable bonds is 0. The number of pyridine rings is 2. The lowest BCUT2D eigenvalue weighted by Crippen LogP contribution is -2.22. The van der Waals surface area contributed by atoms with Gasteiger partial charge < -0.3 is 5.73 Å². The van der Waals surface area contributed by atoms with Crippen molar-refractivity contribution in [2.75, 3.05) is 5.73 Å². The van der Waals surface area contributed by atoms with E-state index in [1.165, 1.54) is 0 Å². The Morgan fingerprint density at radius 1 is 1.06 bits per heavy atom. The van der Waals surface area contributed by atoms with Gasteiger partial charge in [0, 0.05) is 29.3 Å². The van der Waals surface area contributed by atoms with Crippen LogP contribution in [-0.2, 0) is 0 Å². The SMILES string of the molecule is Nc1cc2cccc[n+]2c2ccc(Cl)cc12. The van der Waals surface area contributed by atoms with Crippen molar-refractivity contribution in [3.63, 3.8) is 0 Å². The summed E-state index contributed by atoms with van der Waals surface area (Å²) in [6.07, 6.45) is 2.02. The van der Waals surface area contributed by atoms with Gasteiger partial charge in [-0.2, -0.15) is 4.40 Å². The molecule has 0 bridgehead atoms. The minimum atomic E-state index is 0.704. The van der Waals surface area contributed by atoms with Crippen LogP contribution in [0.5, 0.6) is 0 Å². The topological polar surface area (TPSA) is 30.1 Å². The number of aromatic nitrogens is 1. The molecule has 1 aromatic carbocycles. The molecule has 2 N–H and O–H groups in total. The standard InChI is InChI=1S/C13H9ClN2/c14-9-4-5-13-11(7-9)12(15)8-10-3-1-2-6-16(10)13/h1-8,15H/p+1. The zero-order chi connectivity index (χ0) is 11.1. The molecule has 0 aliphatic carbocycles. The van der Waals surface area contributed by atoms with E-state index in [1.807, 2.05) is 48.7 Å². The first kappa shape index (κ1) is 9.43. The van der Waals surface area contributed by atoms with Crippen LogP contribution in [0.25, 0.3) is 16.4 Å². The highest BCUT2D eigenvalue weighted by molar-refractivity contribution is 6.31. The molecular weight excluding hydrogens is 220 g/mol. The quantitative estimate of drug-likeness (QED) is 0.466. The molecule has 2 aromatic heterocycles. The minimum absolute atomic E-state index is 0.704. The van der Waals surface area contributed by atoms with Gasteiger partial charge in [-0.05, 0) is 18.2 Å². The second-order valence-corrected chi connectivity index (χ2v) is 4.19. The van der Waals surface area contributed by atoms with Gasteiger partial charge in [0.15, 0.2) is 6.20 Å². The van der Waals surface area contributed by atoms with Crippen LogP contribution in [0.3, 0.4) is 0 Å². The van der Waals surface area contributed by atoms with Gasteiger partial charge in [0.2, 0.25) is 11.0 Å². The Morgan fingerprint density at radius 3 is 2.81 bits per heavy atom. The summed E-state index contributed by atoms with van der Waals surface area (Å²) in [6, 6.07) is 13.7. The second kappa shape index (κ2) is 3.35. The van der Waals surface area contributed by atoms with E-state index in [4.69, 9.17) is 17.3 Å². The van der Waals surface area contributed by atoms with E-state index in [-0.39, 0.29) is 0 Å². The summed E-state index contributed by atoms with van der Waals surface area (Å²) in [5, 5.41) is 1.69. The largest absolute Gasteiger partial charge is 0.398 e. The van der Waals surface area contributed by atoms with Crippen LogP contribution in [0.2, 0.25) is 5.02 Å². The van der Waals surface area contributed by atoms with Crippen LogP contribution < -0.4 is 10.1 Å². The van der Waals surface area contributed by atoms with E-state index in [1.54, 1.807) is 0 Å². The fourth-order valence-electron chi connectivity index (χ4n) is 1.98. The summed E-state index contributed by atoms with van der Waals surface area (Å²) in [7, 11) is 0. The molecule has 0 unspecified atom stereocenters. The van der Waals surface area contributed by atoms with Gasteiger partial charge in [0.05, 0.1) is 11.1 Å². The van der Waals surface area contributed by atoms with Crippen LogP contribution in [-0.4, -0.2) is 0 Å². The molecule has 2 heterocycles. The maximum Gasteiger partial charge on any atom is 0.220 e. The van der Waals surface area contributed by atoms with Crippen molar-refractivity contribution in [1.82, 2.24) is 0 Å². The zero-order valence-electron chi connectivity index (χ0n) is 8.52. The van der Waals surface area contributed by atoms with E-state index in [9.17, 15) is 0 Å². The van der Waals surface area contributed by atoms with E-state index in [0.717, 1.165) is 22.1 Å². The Bertz CT molecular complexity index is 692. The number of nitrogens with two attached hydrogens (primary N) is 1. The third-order valence-corrected chi connectivity index (χ3v) is 2.96. The molecule has 0 atom stereocenters. The van der Waals surface area contributed by atoms with Crippen molar-refractivity contribution >= 4 is 33.7 Å². The molecular formula is C13H10ClN2+. The minimum Gasteiger partial charge on any atom is -0.398 e. The predicted molar refractivity (Wildman–Crippen MR) is 66.5 cm³/mol. The number of hydrogen-bond donors (Lipinski definition) is 1. The molecule has 78 valence electrons. The van der Waals surface area contributed by atoms with Crippen LogP contribution in [0.15, 0.2) is 48.7 Å². The number of nitrogen functional groups attached to an aromatic ring is 1. The lowest BCUT2D eigenvalue weighted by atomic mass is 10.1. The number of fused-ring (bicyclic) bond motifs is 3. The highest BCUT2D eigenvalue weighted by Gasteiger charge is 2.11. The van der Waals surface area contributed by atoms with Crippen LogP contribution >= 0.6 is 11.6 Å². The van der Waals surface area contributed by atoms with Gasteiger partial charge in [-0.1, -0.05) is 11.6 Å². The molecule has 3 heteroatoms. The van der Waals surface area contributed by atoms with Crippen LogP contribution in [0.1, 0.15) is 0 Å². The molecule has 0 saturated carbocycles. The molecule has 0 aliphatic heterocycles. The van der Waals surface area contributed by atoms with Crippen molar-refractivity contribution in [2.24, 2.45) is 0 Å². The van der Waals surface area contributed by atoms with Gasteiger partial charge in [-0.3, -0.25) is 0 Å². The van der Waals surface area contributed by atoms with Crippen molar-refractivity contribution in [1.29, 1.82) is 0 Å². The van der Waals surface area contributed by atoms with Crippen molar-refractivity contribution in [3.8, 4) is 0 Å².